The highest BCUT2D eigenvalue weighted by molar-refractivity contribution is 8.00. The van der Waals surface area contributed by atoms with Crippen LogP contribution in [0.25, 0.3) is 5.69 Å². The van der Waals surface area contributed by atoms with E-state index in [1.807, 2.05) is 11.8 Å². The van der Waals surface area contributed by atoms with E-state index < -0.39 is 0 Å². The number of anilines is 1. The van der Waals surface area contributed by atoms with Crippen molar-refractivity contribution in [3.05, 3.63) is 50.9 Å². The molecule has 0 saturated heterocycles. The Morgan fingerprint density at radius 1 is 1.32 bits per heavy atom. The molecule has 0 spiro atoms. The van der Waals surface area contributed by atoms with Crippen LogP contribution in [0.3, 0.4) is 0 Å². The molecule has 2 aromatic rings. The van der Waals surface area contributed by atoms with Gasteiger partial charge in [-0.15, -0.1) is 0 Å². The van der Waals surface area contributed by atoms with Crippen LogP contribution < -0.4 is 10.9 Å². The average Bonchev–Trinajstić information content (AvgIpc) is 3.31. The molecule has 1 aromatic heterocycles. The highest BCUT2D eigenvalue weighted by Gasteiger charge is 2.41. The molecule has 22 heavy (non-hydrogen) atoms. The van der Waals surface area contributed by atoms with E-state index in [-0.39, 0.29) is 15.3 Å². The molecular formula is C15H15Cl2N3OS. The summed E-state index contributed by atoms with van der Waals surface area (Å²) in [5, 5.41) is 8.20. The molecule has 1 aliphatic rings. The summed E-state index contributed by atoms with van der Waals surface area (Å²) in [7, 11) is 0. The van der Waals surface area contributed by atoms with Gasteiger partial charge in [-0.1, -0.05) is 23.2 Å². The van der Waals surface area contributed by atoms with Gasteiger partial charge in [0.05, 0.1) is 17.6 Å². The van der Waals surface area contributed by atoms with Gasteiger partial charge in [0, 0.05) is 16.3 Å². The number of hydrogen-bond acceptors (Lipinski definition) is 4. The van der Waals surface area contributed by atoms with Crippen LogP contribution in [0.1, 0.15) is 12.8 Å². The van der Waals surface area contributed by atoms with E-state index in [0.717, 1.165) is 6.54 Å². The predicted octanol–water partition coefficient (Wildman–Crippen LogP) is 3.85. The number of rotatable bonds is 5. The maximum absolute atomic E-state index is 12.4. The highest BCUT2D eigenvalue weighted by Crippen LogP contribution is 2.47. The molecule has 1 heterocycles. The van der Waals surface area contributed by atoms with Gasteiger partial charge in [0.25, 0.3) is 5.56 Å². The quantitative estimate of drug-likeness (QED) is 0.884. The Kier molecular flexibility index (Phi) is 4.39. The second-order valence-electron chi connectivity index (χ2n) is 5.31. The van der Waals surface area contributed by atoms with E-state index >= 15 is 0 Å². The molecule has 0 amide bonds. The van der Waals surface area contributed by atoms with Crippen molar-refractivity contribution in [2.45, 2.75) is 17.6 Å². The first-order valence-electron chi connectivity index (χ1n) is 6.87. The molecule has 7 heteroatoms. The van der Waals surface area contributed by atoms with Gasteiger partial charge in [0.1, 0.15) is 5.02 Å². The first-order chi connectivity index (χ1) is 10.5. The van der Waals surface area contributed by atoms with Crippen molar-refractivity contribution < 1.29 is 0 Å². The normalized spacial score (nSPS) is 15.6. The van der Waals surface area contributed by atoms with Crippen molar-refractivity contribution in [2.75, 3.05) is 18.1 Å². The van der Waals surface area contributed by atoms with Gasteiger partial charge in [-0.05, 0) is 43.4 Å². The Bertz CT molecular complexity index is 741. The number of nitrogens with zero attached hydrogens (tertiary/aromatic N) is 2. The minimum absolute atomic E-state index is 0.154. The smallest absolute Gasteiger partial charge is 0.292 e. The lowest BCUT2D eigenvalue weighted by atomic mass is 10.3. The van der Waals surface area contributed by atoms with Crippen LogP contribution in [-0.4, -0.2) is 27.3 Å². The summed E-state index contributed by atoms with van der Waals surface area (Å²) in [5.74, 6) is 0. The van der Waals surface area contributed by atoms with Gasteiger partial charge in [0.2, 0.25) is 0 Å². The molecule has 1 aliphatic carbocycles. The van der Waals surface area contributed by atoms with Crippen molar-refractivity contribution in [1.29, 1.82) is 0 Å². The largest absolute Gasteiger partial charge is 0.381 e. The van der Waals surface area contributed by atoms with E-state index in [1.165, 1.54) is 17.5 Å². The second kappa shape index (κ2) is 6.14. The van der Waals surface area contributed by atoms with Crippen molar-refractivity contribution >= 4 is 40.7 Å². The maximum Gasteiger partial charge on any atom is 0.292 e. The molecule has 0 bridgehead atoms. The number of aromatic nitrogens is 2. The summed E-state index contributed by atoms with van der Waals surface area (Å²) in [6.07, 6.45) is 6.07. The Labute approximate surface area is 142 Å². The van der Waals surface area contributed by atoms with Crippen LogP contribution in [0.5, 0.6) is 0 Å². The lowest BCUT2D eigenvalue weighted by Gasteiger charge is -2.15. The van der Waals surface area contributed by atoms with Crippen LogP contribution in [-0.2, 0) is 0 Å². The zero-order valence-electron chi connectivity index (χ0n) is 12.0. The fourth-order valence-corrected chi connectivity index (χ4v) is 3.22. The minimum atomic E-state index is -0.344. The summed E-state index contributed by atoms with van der Waals surface area (Å²) in [5.41, 5.74) is 0.866. The number of halogens is 2. The molecular weight excluding hydrogens is 341 g/mol. The highest BCUT2D eigenvalue weighted by atomic mass is 35.5. The van der Waals surface area contributed by atoms with E-state index in [9.17, 15) is 4.79 Å². The molecule has 4 nitrogen and oxygen atoms in total. The molecule has 1 saturated carbocycles. The molecule has 3 rings (SSSR count). The minimum Gasteiger partial charge on any atom is -0.381 e. The fraction of sp³-hybridized carbons (Fsp3) is 0.333. The Morgan fingerprint density at radius 3 is 2.59 bits per heavy atom. The Balaban J connectivity index is 1.85. The molecule has 1 N–H and O–H groups in total. The van der Waals surface area contributed by atoms with Gasteiger partial charge < -0.3 is 5.32 Å². The van der Waals surface area contributed by atoms with Gasteiger partial charge >= 0.3 is 0 Å². The standard InChI is InChI=1S/C15H15Cl2N3OS/c1-22-15(6-7-15)9-18-12-8-19-20(14(21)13(12)17)11-4-2-10(16)3-5-11/h2-5,8,18H,6-7,9H2,1H3. The number of benzene rings is 1. The van der Waals surface area contributed by atoms with E-state index in [4.69, 9.17) is 23.2 Å². The molecule has 0 radical (unpaired) electrons. The van der Waals surface area contributed by atoms with Crippen molar-refractivity contribution in [1.82, 2.24) is 9.78 Å². The predicted molar refractivity (Wildman–Crippen MR) is 93.8 cm³/mol. The van der Waals surface area contributed by atoms with Crippen molar-refractivity contribution in [3.8, 4) is 5.69 Å². The molecule has 1 aromatic carbocycles. The van der Waals surface area contributed by atoms with Gasteiger partial charge in [0.15, 0.2) is 0 Å². The van der Waals surface area contributed by atoms with Gasteiger partial charge in [-0.25, -0.2) is 0 Å². The molecule has 0 unspecified atom stereocenters. The Morgan fingerprint density at radius 2 is 2.00 bits per heavy atom. The lowest BCUT2D eigenvalue weighted by Crippen LogP contribution is -2.24. The lowest BCUT2D eigenvalue weighted by molar-refractivity contribution is 0.805. The average molecular weight is 356 g/mol. The van der Waals surface area contributed by atoms with Crippen LogP contribution in [0.2, 0.25) is 10.0 Å². The van der Waals surface area contributed by atoms with Gasteiger partial charge in [-0.2, -0.15) is 21.5 Å². The fourth-order valence-electron chi connectivity index (χ4n) is 2.17. The second-order valence-corrected chi connectivity index (χ2v) is 7.39. The molecule has 0 atom stereocenters. The van der Waals surface area contributed by atoms with Crippen LogP contribution in [0, 0.1) is 0 Å². The van der Waals surface area contributed by atoms with Crippen molar-refractivity contribution in [3.63, 3.8) is 0 Å². The third-order valence-electron chi connectivity index (χ3n) is 3.83. The monoisotopic (exact) mass is 355 g/mol. The Hall–Kier alpha value is -1.17. The number of nitrogens with one attached hydrogen (secondary N) is 1. The first-order valence-corrected chi connectivity index (χ1v) is 8.85. The zero-order chi connectivity index (χ0) is 15.7. The maximum atomic E-state index is 12.4. The first kappa shape index (κ1) is 15.7. The summed E-state index contributed by atoms with van der Waals surface area (Å²) in [6.45, 7) is 0.792. The molecule has 1 fully saturated rings. The van der Waals surface area contributed by atoms with E-state index in [0.29, 0.717) is 16.4 Å². The number of thioether (sulfide) groups is 1. The van der Waals surface area contributed by atoms with Crippen LogP contribution in [0.15, 0.2) is 35.3 Å². The molecule has 0 aliphatic heterocycles. The number of hydrogen-bond donors (Lipinski definition) is 1. The summed E-state index contributed by atoms with van der Waals surface area (Å²) in [4.78, 5) is 12.4. The third kappa shape index (κ3) is 3.12. The molecule has 116 valence electrons. The van der Waals surface area contributed by atoms with E-state index in [1.54, 1.807) is 30.5 Å². The summed E-state index contributed by atoms with van der Waals surface area (Å²) >= 11 is 13.9. The van der Waals surface area contributed by atoms with Crippen LogP contribution in [0.4, 0.5) is 5.69 Å². The topological polar surface area (TPSA) is 46.9 Å². The van der Waals surface area contributed by atoms with Crippen molar-refractivity contribution in [2.24, 2.45) is 0 Å². The zero-order valence-corrected chi connectivity index (χ0v) is 14.3. The third-order valence-corrected chi connectivity index (χ3v) is 5.87. The SMILES string of the molecule is CSC1(CNc2cnn(-c3ccc(Cl)cc3)c(=O)c2Cl)CC1. The van der Waals surface area contributed by atoms with Gasteiger partial charge in [-0.3, -0.25) is 4.79 Å². The van der Waals surface area contributed by atoms with E-state index in [2.05, 4.69) is 16.7 Å². The summed E-state index contributed by atoms with van der Waals surface area (Å²) < 4.78 is 1.56. The summed E-state index contributed by atoms with van der Waals surface area (Å²) in [6, 6.07) is 6.88. The van der Waals surface area contributed by atoms with Crippen LogP contribution >= 0.6 is 35.0 Å².